The van der Waals surface area contributed by atoms with Crippen LogP contribution in [0.3, 0.4) is 0 Å². The van der Waals surface area contributed by atoms with Crippen LogP contribution in [0.1, 0.15) is 6.92 Å². The third-order valence-electron chi connectivity index (χ3n) is 3.20. The molecule has 5 nitrogen and oxygen atoms in total. The highest BCUT2D eigenvalue weighted by Crippen LogP contribution is 2.14. The summed E-state index contributed by atoms with van der Waals surface area (Å²) in [5.41, 5.74) is 0.727. The van der Waals surface area contributed by atoms with Crippen LogP contribution < -0.4 is 5.32 Å². The molecule has 0 bridgehead atoms. The fraction of sp³-hybridized carbons (Fsp3) is 0.429. The lowest BCUT2D eigenvalue weighted by Crippen LogP contribution is -2.50. The van der Waals surface area contributed by atoms with E-state index in [2.05, 4.69) is 10.2 Å². The summed E-state index contributed by atoms with van der Waals surface area (Å²) in [5.74, 6) is 0.157. The average molecular weight is 296 g/mol. The first-order chi connectivity index (χ1) is 9.54. The van der Waals surface area contributed by atoms with E-state index in [4.69, 9.17) is 11.6 Å². The topological polar surface area (TPSA) is 52.7 Å². The van der Waals surface area contributed by atoms with Crippen LogP contribution >= 0.6 is 11.6 Å². The van der Waals surface area contributed by atoms with Crippen molar-refractivity contribution in [3.05, 3.63) is 29.3 Å². The number of anilines is 1. The molecule has 0 radical (unpaired) electrons. The van der Waals surface area contributed by atoms with Gasteiger partial charge in [0.25, 0.3) is 0 Å². The van der Waals surface area contributed by atoms with Crippen molar-refractivity contribution in [1.29, 1.82) is 0 Å². The SMILES string of the molecule is CC(=O)CN1CCN(C(=O)Nc2ccc(Cl)cc2)CC1. The first-order valence-corrected chi connectivity index (χ1v) is 6.95. The molecule has 0 aromatic heterocycles. The molecule has 1 heterocycles. The summed E-state index contributed by atoms with van der Waals surface area (Å²) in [7, 11) is 0. The Bertz CT molecular complexity index is 482. The Morgan fingerprint density at radius 1 is 1.15 bits per heavy atom. The van der Waals surface area contributed by atoms with Gasteiger partial charge in [0.05, 0.1) is 6.54 Å². The van der Waals surface area contributed by atoms with Gasteiger partial charge in [-0.25, -0.2) is 4.79 Å². The lowest BCUT2D eigenvalue weighted by atomic mass is 10.3. The minimum absolute atomic E-state index is 0.116. The van der Waals surface area contributed by atoms with E-state index in [1.807, 2.05) is 0 Å². The number of ketones is 1. The van der Waals surface area contributed by atoms with Crippen molar-refractivity contribution in [2.75, 3.05) is 38.0 Å². The summed E-state index contributed by atoms with van der Waals surface area (Å²) < 4.78 is 0. The van der Waals surface area contributed by atoms with Gasteiger partial charge in [0.2, 0.25) is 0 Å². The van der Waals surface area contributed by atoms with Crippen molar-refractivity contribution in [2.24, 2.45) is 0 Å². The molecular weight excluding hydrogens is 278 g/mol. The van der Waals surface area contributed by atoms with Gasteiger partial charge in [-0.3, -0.25) is 9.69 Å². The molecule has 1 aliphatic rings. The number of nitrogens with one attached hydrogen (secondary N) is 1. The van der Waals surface area contributed by atoms with Gasteiger partial charge in [0.1, 0.15) is 5.78 Å². The summed E-state index contributed by atoms with van der Waals surface area (Å²) in [6, 6.07) is 6.90. The number of halogens is 1. The summed E-state index contributed by atoms with van der Waals surface area (Å²) in [6.07, 6.45) is 0. The molecule has 1 saturated heterocycles. The van der Waals surface area contributed by atoms with E-state index in [0.717, 1.165) is 18.8 Å². The largest absolute Gasteiger partial charge is 0.322 e. The number of carbonyl (C=O) groups is 2. The van der Waals surface area contributed by atoms with Crippen LogP contribution in [0.15, 0.2) is 24.3 Å². The molecule has 2 rings (SSSR count). The maximum atomic E-state index is 12.1. The second-order valence-corrected chi connectivity index (χ2v) is 5.34. The van der Waals surface area contributed by atoms with E-state index in [1.54, 1.807) is 36.1 Å². The second-order valence-electron chi connectivity index (χ2n) is 4.90. The van der Waals surface area contributed by atoms with Gasteiger partial charge in [0, 0.05) is 36.9 Å². The third-order valence-corrected chi connectivity index (χ3v) is 3.45. The van der Waals surface area contributed by atoms with Gasteiger partial charge < -0.3 is 10.2 Å². The molecule has 1 aliphatic heterocycles. The van der Waals surface area contributed by atoms with Gasteiger partial charge in [-0.2, -0.15) is 0 Å². The number of rotatable bonds is 3. The quantitative estimate of drug-likeness (QED) is 0.929. The predicted molar refractivity (Wildman–Crippen MR) is 79.2 cm³/mol. The van der Waals surface area contributed by atoms with Gasteiger partial charge in [-0.1, -0.05) is 11.6 Å². The predicted octanol–water partition coefficient (Wildman–Crippen LogP) is 2.08. The van der Waals surface area contributed by atoms with Crippen molar-refractivity contribution < 1.29 is 9.59 Å². The number of hydrogen-bond acceptors (Lipinski definition) is 3. The second kappa shape index (κ2) is 6.72. The molecule has 0 spiro atoms. The molecular formula is C14H18ClN3O2. The van der Waals surface area contributed by atoms with E-state index < -0.39 is 0 Å². The monoisotopic (exact) mass is 295 g/mol. The Hall–Kier alpha value is -1.59. The number of urea groups is 1. The Kier molecular flexibility index (Phi) is 4.98. The highest BCUT2D eigenvalue weighted by atomic mass is 35.5. The fourth-order valence-electron chi connectivity index (χ4n) is 2.16. The van der Waals surface area contributed by atoms with Crippen LogP contribution in [0.25, 0.3) is 0 Å². The molecule has 0 aliphatic carbocycles. The van der Waals surface area contributed by atoms with Crippen molar-refractivity contribution in [1.82, 2.24) is 9.80 Å². The fourth-order valence-corrected chi connectivity index (χ4v) is 2.29. The smallest absolute Gasteiger partial charge is 0.321 e. The summed E-state index contributed by atoms with van der Waals surface area (Å²) in [6.45, 7) is 4.77. The summed E-state index contributed by atoms with van der Waals surface area (Å²) in [4.78, 5) is 26.9. The zero-order valence-corrected chi connectivity index (χ0v) is 12.2. The standard InChI is InChI=1S/C14H18ClN3O2/c1-11(19)10-17-6-8-18(9-7-17)14(20)16-13-4-2-12(15)3-5-13/h2-5H,6-10H2,1H3,(H,16,20). The number of nitrogens with zero attached hydrogens (tertiary/aromatic N) is 2. The Balaban J connectivity index is 1.82. The molecule has 1 aromatic carbocycles. The van der Waals surface area contributed by atoms with Crippen LogP contribution in [0, 0.1) is 0 Å². The van der Waals surface area contributed by atoms with Gasteiger partial charge in [-0.15, -0.1) is 0 Å². The molecule has 6 heteroatoms. The maximum absolute atomic E-state index is 12.1. The Morgan fingerprint density at radius 3 is 2.30 bits per heavy atom. The molecule has 0 atom stereocenters. The molecule has 1 fully saturated rings. The van der Waals surface area contributed by atoms with Crippen LogP contribution in [0.5, 0.6) is 0 Å². The third kappa shape index (κ3) is 4.21. The van der Waals surface area contributed by atoms with E-state index in [1.165, 1.54) is 0 Å². The lowest BCUT2D eigenvalue weighted by Gasteiger charge is -2.34. The van der Waals surface area contributed by atoms with Crippen LogP contribution in [0.2, 0.25) is 5.02 Å². The van der Waals surface area contributed by atoms with Gasteiger partial charge in [0.15, 0.2) is 0 Å². The average Bonchev–Trinajstić information content (AvgIpc) is 2.41. The number of hydrogen-bond donors (Lipinski definition) is 1. The van der Waals surface area contributed by atoms with Crippen LogP contribution in [-0.4, -0.2) is 54.3 Å². The highest BCUT2D eigenvalue weighted by Gasteiger charge is 2.21. The molecule has 0 saturated carbocycles. The van der Waals surface area contributed by atoms with Gasteiger partial charge in [-0.05, 0) is 31.2 Å². The normalized spacial score (nSPS) is 16.0. The van der Waals surface area contributed by atoms with Crippen LogP contribution in [0.4, 0.5) is 10.5 Å². The molecule has 1 aromatic rings. The summed E-state index contributed by atoms with van der Waals surface area (Å²) >= 11 is 5.80. The molecule has 20 heavy (non-hydrogen) atoms. The van der Waals surface area contributed by atoms with E-state index >= 15 is 0 Å². The number of benzene rings is 1. The van der Waals surface area contributed by atoms with Gasteiger partial charge >= 0.3 is 6.03 Å². The Morgan fingerprint density at radius 2 is 1.75 bits per heavy atom. The van der Waals surface area contributed by atoms with E-state index in [0.29, 0.717) is 24.7 Å². The number of amides is 2. The maximum Gasteiger partial charge on any atom is 0.321 e. The number of carbonyl (C=O) groups excluding carboxylic acids is 2. The Labute approximate surface area is 123 Å². The van der Waals surface area contributed by atoms with E-state index in [9.17, 15) is 9.59 Å². The molecule has 0 unspecified atom stereocenters. The van der Waals surface area contributed by atoms with Crippen molar-refractivity contribution >= 4 is 29.1 Å². The lowest BCUT2D eigenvalue weighted by molar-refractivity contribution is -0.118. The zero-order valence-electron chi connectivity index (χ0n) is 11.4. The molecule has 1 N–H and O–H groups in total. The molecule has 2 amide bonds. The number of Topliss-reactive ketones (excluding diaryl/α,β-unsaturated/α-hetero) is 1. The first-order valence-electron chi connectivity index (χ1n) is 6.58. The first kappa shape index (κ1) is 14.8. The summed E-state index contributed by atoms with van der Waals surface area (Å²) in [5, 5.41) is 3.48. The van der Waals surface area contributed by atoms with Crippen molar-refractivity contribution in [3.8, 4) is 0 Å². The minimum Gasteiger partial charge on any atom is -0.322 e. The van der Waals surface area contributed by atoms with Crippen molar-refractivity contribution in [2.45, 2.75) is 6.92 Å². The highest BCUT2D eigenvalue weighted by molar-refractivity contribution is 6.30. The van der Waals surface area contributed by atoms with Crippen molar-refractivity contribution in [3.63, 3.8) is 0 Å². The minimum atomic E-state index is -0.116. The van der Waals surface area contributed by atoms with Crippen LogP contribution in [-0.2, 0) is 4.79 Å². The van der Waals surface area contributed by atoms with E-state index in [-0.39, 0.29) is 11.8 Å². The molecule has 108 valence electrons. The zero-order chi connectivity index (χ0) is 14.5. The number of piperazine rings is 1.